The number of carboxylic acids is 1. The monoisotopic (exact) mass is 495 g/mol. The SMILES string of the molecule is CCCCCCCCCCOc1ccc(C(=O)Oc2ccc(C(=O)N3CCCC3C(=O)O)cc2)cc1. The predicted molar refractivity (Wildman–Crippen MR) is 138 cm³/mol. The summed E-state index contributed by atoms with van der Waals surface area (Å²) in [5.74, 6) is -0.799. The maximum atomic E-state index is 12.7. The summed E-state index contributed by atoms with van der Waals surface area (Å²) in [6.45, 7) is 3.31. The van der Waals surface area contributed by atoms with Crippen molar-refractivity contribution in [3.05, 3.63) is 59.7 Å². The molecule has 1 fully saturated rings. The van der Waals surface area contributed by atoms with Gasteiger partial charge < -0.3 is 19.5 Å². The Hall–Kier alpha value is -3.35. The lowest BCUT2D eigenvalue weighted by atomic mass is 10.1. The van der Waals surface area contributed by atoms with Crippen LogP contribution in [0, 0.1) is 0 Å². The van der Waals surface area contributed by atoms with E-state index in [4.69, 9.17) is 9.47 Å². The van der Waals surface area contributed by atoms with Gasteiger partial charge in [-0.25, -0.2) is 9.59 Å². The molecule has 0 aliphatic carbocycles. The van der Waals surface area contributed by atoms with Crippen LogP contribution in [0.5, 0.6) is 11.5 Å². The Morgan fingerprint density at radius 3 is 2.06 bits per heavy atom. The van der Waals surface area contributed by atoms with Crippen LogP contribution >= 0.6 is 0 Å². The molecule has 1 N–H and O–H groups in total. The summed E-state index contributed by atoms with van der Waals surface area (Å²) in [5, 5.41) is 9.29. The highest BCUT2D eigenvalue weighted by atomic mass is 16.5. The van der Waals surface area contributed by atoms with E-state index in [1.54, 1.807) is 36.4 Å². The van der Waals surface area contributed by atoms with E-state index >= 15 is 0 Å². The average molecular weight is 496 g/mol. The lowest BCUT2D eigenvalue weighted by molar-refractivity contribution is -0.141. The average Bonchev–Trinajstić information content (AvgIpc) is 3.39. The third-order valence-corrected chi connectivity index (χ3v) is 6.47. The molecule has 1 unspecified atom stereocenters. The molecule has 0 aromatic heterocycles. The van der Waals surface area contributed by atoms with Gasteiger partial charge in [-0.15, -0.1) is 0 Å². The van der Waals surface area contributed by atoms with E-state index in [-0.39, 0.29) is 5.91 Å². The fourth-order valence-electron chi connectivity index (χ4n) is 4.38. The van der Waals surface area contributed by atoms with Crippen molar-refractivity contribution < 1.29 is 29.0 Å². The second kappa shape index (κ2) is 14.3. The topological polar surface area (TPSA) is 93.1 Å². The first-order valence-electron chi connectivity index (χ1n) is 13.1. The number of likely N-dealkylation sites (tertiary alicyclic amines) is 1. The van der Waals surface area contributed by atoms with Gasteiger partial charge >= 0.3 is 11.9 Å². The Morgan fingerprint density at radius 2 is 1.42 bits per heavy atom. The van der Waals surface area contributed by atoms with E-state index in [2.05, 4.69) is 6.92 Å². The van der Waals surface area contributed by atoms with E-state index < -0.39 is 18.0 Å². The molecule has 0 bridgehead atoms. The van der Waals surface area contributed by atoms with Gasteiger partial charge in [0, 0.05) is 12.1 Å². The minimum atomic E-state index is -0.990. The van der Waals surface area contributed by atoms with Crippen LogP contribution in [0.4, 0.5) is 0 Å². The fourth-order valence-corrected chi connectivity index (χ4v) is 4.38. The van der Waals surface area contributed by atoms with Crippen LogP contribution < -0.4 is 9.47 Å². The molecule has 0 spiro atoms. The third-order valence-electron chi connectivity index (χ3n) is 6.47. The van der Waals surface area contributed by atoms with Crippen LogP contribution in [0.2, 0.25) is 0 Å². The largest absolute Gasteiger partial charge is 0.494 e. The van der Waals surface area contributed by atoms with Gasteiger partial charge in [-0.2, -0.15) is 0 Å². The number of benzene rings is 2. The highest BCUT2D eigenvalue weighted by molar-refractivity contribution is 5.97. The van der Waals surface area contributed by atoms with Crippen molar-refractivity contribution >= 4 is 17.8 Å². The van der Waals surface area contributed by atoms with Crippen LogP contribution in [0.1, 0.15) is 91.8 Å². The Balaban J connectivity index is 1.41. The van der Waals surface area contributed by atoms with Gasteiger partial charge in [-0.3, -0.25) is 4.79 Å². The number of hydrogen-bond acceptors (Lipinski definition) is 5. The molecule has 194 valence electrons. The quantitative estimate of drug-likeness (QED) is 0.193. The van der Waals surface area contributed by atoms with Crippen molar-refractivity contribution in [2.24, 2.45) is 0 Å². The molecule has 1 atom stereocenters. The number of nitrogens with zero attached hydrogens (tertiary/aromatic N) is 1. The Morgan fingerprint density at radius 1 is 0.833 bits per heavy atom. The van der Waals surface area contributed by atoms with Crippen LogP contribution in [-0.2, 0) is 4.79 Å². The molecule has 1 aliphatic heterocycles. The number of hydrogen-bond donors (Lipinski definition) is 1. The molecule has 0 saturated carbocycles. The maximum Gasteiger partial charge on any atom is 0.343 e. The number of carbonyl (C=O) groups is 3. The normalized spacial score (nSPS) is 15.0. The van der Waals surface area contributed by atoms with Gasteiger partial charge in [0.25, 0.3) is 5.91 Å². The molecule has 7 nitrogen and oxygen atoms in total. The highest BCUT2D eigenvalue weighted by Gasteiger charge is 2.34. The summed E-state index contributed by atoms with van der Waals surface area (Å²) in [4.78, 5) is 37.9. The van der Waals surface area contributed by atoms with Crippen molar-refractivity contribution in [3.8, 4) is 11.5 Å². The summed E-state index contributed by atoms with van der Waals surface area (Å²) in [6.07, 6.45) is 11.1. The van der Waals surface area contributed by atoms with Crippen LogP contribution in [0.3, 0.4) is 0 Å². The number of aliphatic carboxylic acids is 1. The third kappa shape index (κ3) is 8.11. The molecule has 2 aromatic rings. The molecule has 2 aromatic carbocycles. The van der Waals surface area contributed by atoms with Crippen molar-refractivity contribution in [2.75, 3.05) is 13.2 Å². The van der Waals surface area contributed by atoms with Crippen molar-refractivity contribution in [1.82, 2.24) is 4.90 Å². The summed E-state index contributed by atoms with van der Waals surface area (Å²) in [6, 6.07) is 12.2. The number of esters is 1. The summed E-state index contributed by atoms with van der Waals surface area (Å²) >= 11 is 0. The molecule has 0 radical (unpaired) electrons. The Labute approximate surface area is 213 Å². The minimum absolute atomic E-state index is 0.308. The van der Waals surface area contributed by atoms with E-state index in [1.165, 1.54) is 62.0 Å². The lowest BCUT2D eigenvalue weighted by Gasteiger charge is -2.21. The van der Waals surface area contributed by atoms with E-state index in [0.29, 0.717) is 42.9 Å². The van der Waals surface area contributed by atoms with Crippen molar-refractivity contribution in [1.29, 1.82) is 0 Å². The zero-order valence-electron chi connectivity index (χ0n) is 21.1. The van der Waals surface area contributed by atoms with Gasteiger partial charge in [0.2, 0.25) is 0 Å². The molecule has 1 saturated heterocycles. The highest BCUT2D eigenvalue weighted by Crippen LogP contribution is 2.22. The molecule has 1 amide bonds. The number of unbranched alkanes of at least 4 members (excludes halogenated alkanes) is 7. The molecule has 7 heteroatoms. The molecular formula is C29H37NO6. The van der Waals surface area contributed by atoms with Crippen LogP contribution in [-0.4, -0.2) is 47.0 Å². The first-order chi connectivity index (χ1) is 17.5. The molecule has 36 heavy (non-hydrogen) atoms. The van der Waals surface area contributed by atoms with E-state index in [9.17, 15) is 19.5 Å². The molecule has 1 aliphatic rings. The maximum absolute atomic E-state index is 12.7. The Kier molecular flexibility index (Phi) is 10.8. The van der Waals surface area contributed by atoms with Crippen molar-refractivity contribution in [2.45, 2.75) is 77.2 Å². The minimum Gasteiger partial charge on any atom is -0.494 e. The number of rotatable bonds is 14. The summed E-state index contributed by atoms with van der Waals surface area (Å²) in [7, 11) is 0. The Bertz CT molecular complexity index is 986. The second-order valence-corrected chi connectivity index (χ2v) is 9.26. The molecule has 3 rings (SSSR count). The zero-order valence-corrected chi connectivity index (χ0v) is 21.1. The fraction of sp³-hybridized carbons (Fsp3) is 0.483. The molecular weight excluding hydrogens is 458 g/mol. The number of ether oxygens (including phenoxy) is 2. The predicted octanol–water partition coefficient (Wildman–Crippen LogP) is 6.11. The first-order valence-corrected chi connectivity index (χ1v) is 13.1. The van der Waals surface area contributed by atoms with E-state index in [1.807, 2.05) is 0 Å². The van der Waals surface area contributed by atoms with Gasteiger partial charge in [0.05, 0.1) is 12.2 Å². The van der Waals surface area contributed by atoms with Crippen molar-refractivity contribution in [3.63, 3.8) is 0 Å². The van der Waals surface area contributed by atoms with E-state index in [0.717, 1.165) is 12.2 Å². The summed E-state index contributed by atoms with van der Waals surface area (Å²) in [5.41, 5.74) is 0.761. The lowest BCUT2D eigenvalue weighted by Crippen LogP contribution is -2.40. The van der Waals surface area contributed by atoms with Gasteiger partial charge in [0.1, 0.15) is 17.5 Å². The number of carboxylic acid groups (broad SMARTS) is 1. The first kappa shape index (κ1) is 27.2. The van der Waals surface area contributed by atoms with Crippen LogP contribution in [0.25, 0.3) is 0 Å². The van der Waals surface area contributed by atoms with Gasteiger partial charge in [-0.1, -0.05) is 51.9 Å². The standard InChI is InChI=1S/C29H37NO6/c1-2-3-4-5-6-7-8-9-21-35-24-16-14-23(15-17-24)29(34)36-25-18-12-22(13-19-25)27(31)30-20-10-11-26(30)28(32)33/h12-19,26H,2-11,20-21H2,1H3,(H,32,33). The number of carbonyl (C=O) groups excluding carboxylic acids is 2. The number of amides is 1. The second-order valence-electron chi connectivity index (χ2n) is 9.26. The summed E-state index contributed by atoms with van der Waals surface area (Å²) < 4.78 is 11.2. The van der Waals surface area contributed by atoms with Gasteiger partial charge in [-0.05, 0) is 67.8 Å². The smallest absolute Gasteiger partial charge is 0.343 e. The van der Waals surface area contributed by atoms with Gasteiger partial charge in [0.15, 0.2) is 0 Å². The zero-order chi connectivity index (χ0) is 25.8. The van der Waals surface area contributed by atoms with Crippen LogP contribution in [0.15, 0.2) is 48.5 Å². The molecule has 1 heterocycles.